The van der Waals surface area contributed by atoms with E-state index in [0.717, 1.165) is 12.3 Å². The molecule has 0 aliphatic rings. The first-order valence-corrected chi connectivity index (χ1v) is 4.26. The van der Waals surface area contributed by atoms with Gasteiger partial charge in [-0.2, -0.15) is 0 Å². The second-order valence-corrected chi connectivity index (χ2v) is 4.02. The lowest BCUT2D eigenvalue weighted by atomic mass is 9.94. The number of hydrogen-bond donors (Lipinski definition) is 1. The first-order valence-electron chi connectivity index (χ1n) is 4.26. The van der Waals surface area contributed by atoms with Crippen molar-refractivity contribution < 1.29 is 4.74 Å². The van der Waals surface area contributed by atoms with Crippen LogP contribution in [0.1, 0.15) is 33.6 Å². The quantitative estimate of drug-likeness (QED) is 0.663. The summed E-state index contributed by atoms with van der Waals surface area (Å²) in [5.41, 5.74) is 5.81. The zero-order chi connectivity index (χ0) is 8.91. The molecule has 1 atom stereocenters. The van der Waals surface area contributed by atoms with E-state index in [4.69, 9.17) is 10.5 Å². The fourth-order valence-corrected chi connectivity index (χ4v) is 1.02. The normalized spacial score (nSPS) is 16.9. The molecule has 0 aliphatic carbocycles. The molecule has 0 aromatic heterocycles. The van der Waals surface area contributed by atoms with Crippen LogP contribution in [0.15, 0.2) is 0 Å². The van der Waals surface area contributed by atoms with Crippen molar-refractivity contribution in [2.45, 2.75) is 39.2 Å². The van der Waals surface area contributed by atoms with E-state index < -0.39 is 0 Å². The average molecular weight is 159 g/mol. The molecule has 2 nitrogen and oxygen atoms in total. The van der Waals surface area contributed by atoms with Crippen LogP contribution in [0.5, 0.6) is 0 Å². The van der Waals surface area contributed by atoms with E-state index in [0.29, 0.717) is 6.61 Å². The molecule has 0 aliphatic heterocycles. The molecule has 0 saturated carbocycles. The SMILES string of the molecule is COCC(C)(N)CCC(C)C. The Labute approximate surface area is 70.1 Å². The Morgan fingerprint density at radius 2 is 2.00 bits per heavy atom. The second kappa shape index (κ2) is 4.73. The Bertz CT molecular complexity index is 99.7. The maximum atomic E-state index is 5.95. The third kappa shape index (κ3) is 6.32. The molecule has 2 N–H and O–H groups in total. The molecular formula is C9H21NO. The minimum Gasteiger partial charge on any atom is -0.383 e. The molecule has 0 spiro atoms. The summed E-state index contributed by atoms with van der Waals surface area (Å²) in [6.45, 7) is 7.12. The molecule has 11 heavy (non-hydrogen) atoms. The Hall–Kier alpha value is -0.0800. The average Bonchev–Trinajstić information content (AvgIpc) is 1.84. The summed E-state index contributed by atoms with van der Waals surface area (Å²) in [6, 6.07) is 0. The van der Waals surface area contributed by atoms with Crippen molar-refractivity contribution in [1.82, 2.24) is 0 Å². The monoisotopic (exact) mass is 159 g/mol. The summed E-state index contributed by atoms with van der Waals surface area (Å²) in [4.78, 5) is 0. The van der Waals surface area contributed by atoms with Crippen LogP contribution in [0.4, 0.5) is 0 Å². The van der Waals surface area contributed by atoms with E-state index in [1.54, 1.807) is 7.11 Å². The van der Waals surface area contributed by atoms with Crippen molar-refractivity contribution in [3.05, 3.63) is 0 Å². The summed E-state index contributed by atoms with van der Waals surface area (Å²) < 4.78 is 5.01. The molecule has 2 heteroatoms. The van der Waals surface area contributed by atoms with Gasteiger partial charge in [0.15, 0.2) is 0 Å². The van der Waals surface area contributed by atoms with E-state index in [1.165, 1.54) is 6.42 Å². The zero-order valence-electron chi connectivity index (χ0n) is 8.18. The molecule has 68 valence electrons. The highest BCUT2D eigenvalue weighted by molar-refractivity contribution is 4.77. The molecule has 0 amide bonds. The van der Waals surface area contributed by atoms with E-state index in [1.807, 2.05) is 6.92 Å². The highest BCUT2D eigenvalue weighted by atomic mass is 16.5. The first kappa shape index (κ1) is 10.9. The summed E-state index contributed by atoms with van der Waals surface area (Å²) in [7, 11) is 1.69. The lowest BCUT2D eigenvalue weighted by molar-refractivity contribution is 0.132. The van der Waals surface area contributed by atoms with Gasteiger partial charge in [-0.1, -0.05) is 13.8 Å². The highest BCUT2D eigenvalue weighted by Gasteiger charge is 2.17. The van der Waals surface area contributed by atoms with Gasteiger partial charge < -0.3 is 10.5 Å². The first-order chi connectivity index (χ1) is 4.98. The van der Waals surface area contributed by atoms with E-state index in [9.17, 15) is 0 Å². The Balaban J connectivity index is 3.54. The Morgan fingerprint density at radius 3 is 2.36 bits per heavy atom. The molecule has 0 aromatic carbocycles. The fourth-order valence-electron chi connectivity index (χ4n) is 1.02. The van der Waals surface area contributed by atoms with Crippen molar-refractivity contribution >= 4 is 0 Å². The van der Waals surface area contributed by atoms with Crippen LogP contribution in [-0.4, -0.2) is 19.3 Å². The van der Waals surface area contributed by atoms with Crippen molar-refractivity contribution in [2.24, 2.45) is 11.7 Å². The van der Waals surface area contributed by atoms with Crippen LogP contribution < -0.4 is 5.73 Å². The molecule has 0 radical (unpaired) electrons. The standard InChI is InChI=1S/C9H21NO/c1-8(2)5-6-9(3,10)7-11-4/h8H,5-7,10H2,1-4H3. The molecule has 0 bridgehead atoms. The lowest BCUT2D eigenvalue weighted by Crippen LogP contribution is -2.41. The van der Waals surface area contributed by atoms with Gasteiger partial charge in [0.25, 0.3) is 0 Å². The van der Waals surface area contributed by atoms with Gasteiger partial charge in [0.1, 0.15) is 0 Å². The minimum atomic E-state index is -0.140. The van der Waals surface area contributed by atoms with Gasteiger partial charge in [-0.25, -0.2) is 0 Å². The van der Waals surface area contributed by atoms with E-state index in [2.05, 4.69) is 13.8 Å². The Morgan fingerprint density at radius 1 is 1.45 bits per heavy atom. The van der Waals surface area contributed by atoms with Gasteiger partial charge in [-0.05, 0) is 25.7 Å². The molecule has 0 saturated heterocycles. The van der Waals surface area contributed by atoms with Crippen molar-refractivity contribution in [2.75, 3.05) is 13.7 Å². The lowest BCUT2D eigenvalue weighted by Gasteiger charge is -2.24. The largest absolute Gasteiger partial charge is 0.383 e. The molecule has 0 fully saturated rings. The molecule has 0 rings (SSSR count). The van der Waals surface area contributed by atoms with Crippen LogP contribution >= 0.6 is 0 Å². The van der Waals surface area contributed by atoms with E-state index >= 15 is 0 Å². The number of rotatable bonds is 5. The smallest absolute Gasteiger partial charge is 0.0639 e. The summed E-state index contributed by atoms with van der Waals surface area (Å²) in [6.07, 6.45) is 2.22. The van der Waals surface area contributed by atoms with Gasteiger partial charge in [0.05, 0.1) is 6.61 Å². The maximum Gasteiger partial charge on any atom is 0.0639 e. The van der Waals surface area contributed by atoms with Gasteiger partial charge in [0, 0.05) is 12.6 Å². The fraction of sp³-hybridized carbons (Fsp3) is 1.00. The maximum absolute atomic E-state index is 5.95. The minimum absolute atomic E-state index is 0.140. The Kier molecular flexibility index (Phi) is 4.69. The van der Waals surface area contributed by atoms with Crippen LogP contribution in [0, 0.1) is 5.92 Å². The van der Waals surface area contributed by atoms with Gasteiger partial charge in [-0.3, -0.25) is 0 Å². The predicted molar refractivity (Wildman–Crippen MR) is 48.5 cm³/mol. The topological polar surface area (TPSA) is 35.2 Å². The summed E-state index contributed by atoms with van der Waals surface area (Å²) in [5.74, 6) is 0.731. The summed E-state index contributed by atoms with van der Waals surface area (Å²) >= 11 is 0. The highest BCUT2D eigenvalue weighted by Crippen LogP contribution is 2.13. The second-order valence-electron chi connectivity index (χ2n) is 4.02. The summed E-state index contributed by atoms with van der Waals surface area (Å²) in [5, 5.41) is 0. The zero-order valence-corrected chi connectivity index (χ0v) is 8.18. The molecule has 1 unspecified atom stereocenters. The van der Waals surface area contributed by atoms with E-state index in [-0.39, 0.29) is 5.54 Å². The molecule has 0 aromatic rings. The van der Waals surface area contributed by atoms with Crippen LogP contribution in [0.2, 0.25) is 0 Å². The van der Waals surface area contributed by atoms with Gasteiger partial charge in [0.2, 0.25) is 0 Å². The third-order valence-corrected chi connectivity index (χ3v) is 1.77. The van der Waals surface area contributed by atoms with Crippen LogP contribution in [0.25, 0.3) is 0 Å². The third-order valence-electron chi connectivity index (χ3n) is 1.77. The van der Waals surface area contributed by atoms with Crippen molar-refractivity contribution in [3.8, 4) is 0 Å². The molecular weight excluding hydrogens is 138 g/mol. The number of methoxy groups -OCH3 is 1. The number of ether oxygens (including phenoxy) is 1. The number of hydrogen-bond acceptors (Lipinski definition) is 2. The predicted octanol–water partition coefficient (Wildman–Crippen LogP) is 1.79. The van der Waals surface area contributed by atoms with Crippen LogP contribution in [0.3, 0.4) is 0 Å². The van der Waals surface area contributed by atoms with Crippen LogP contribution in [-0.2, 0) is 4.74 Å². The van der Waals surface area contributed by atoms with Gasteiger partial charge >= 0.3 is 0 Å². The van der Waals surface area contributed by atoms with Crippen molar-refractivity contribution in [1.29, 1.82) is 0 Å². The van der Waals surface area contributed by atoms with Gasteiger partial charge in [-0.15, -0.1) is 0 Å². The molecule has 0 heterocycles. The van der Waals surface area contributed by atoms with Crippen molar-refractivity contribution in [3.63, 3.8) is 0 Å². The number of nitrogens with two attached hydrogens (primary N) is 1.